The molecule has 0 spiro atoms. The zero-order chi connectivity index (χ0) is 27.0. The number of fused-ring (bicyclic) bond motifs is 2. The van der Waals surface area contributed by atoms with E-state index in [2.05, 4.69) is 29.8 Å². The molecule has 8 heteroatoms. The van der Waals surface area contributed by atoms with Crippen molar-refractivity contribution in [2.75, 3.05) is 18.1 Å². The van der Waals surface area contributed by atoms with Crippen molar-refractivity contribution in [3.63, 3.8) is 0 Å². The van der Waals surface area contributed by atoms with Crippen LogP contribution in [0, 0.1) is 5.92 Å². The van der Waals surface area contributed by atoms with Crippen molar-refractivity contribution >= 4 is 50.1 Å². The molecule has 3 aromatic carbocycles. The van der Waals surface area contributed by atoms with E-state index in [-0.39, 0.29) is 16.8 Å². The molecule has 196 valence electrons. The molecule has 0 radical (unpaired) electrons. The van der Waals surface area contributed by atoms with Gasteiger partial charge in [-0.25, -0.2) is 0 Å². The van der Waals surface area contributed by atoms with E-state index in [4.69, 9.17) is 25.5 Å². The van der Waals surface area contributed by atoms with Crippen molar-refractivity contribution in [1.29, 1.82) is 0 Å². The van der Waals surface area contributed by atoms with Crippen molar-refractivity contribution < 1.29 is 18.7 Å². The number of hydrogen-bond donors (Lipinski definition) is 0. The Hall–Kier alpha value is -3.29. The molecule has 1 atom stereocenters. The summed E-state index contributed by atoms with van der Waals surface area (Å²) in [4.78, 5) is 29.3. The molecule has 1 unspecified atom stereocenters. The van der Waals surface area contributed by atoms with Crippen LogP contribution in [0.5, 0.6) is 11.5 Å². The number of anilines is 1. The number of amides is 1. The standard InChI is InChI=1S/C30H27BrClNO5/c1-4-36-25-14-18(8-10-24(25)37-13-12-17(2)3)27-26-28(34)22-15-19(31)9-11-23(22)38-29(26)30(35)33(27)21-7-5-6-20(32)16-21/h5-11,14-17,27H,4,12-13H2,1-3H3. The van der Waals surface area contributed by atoms with Crippen LogP contribution in [0.15, 0.2) is 74.3 Å². The number of carbonyl (C=O) groups excluding carboxylic acids is 1. The summed E-state index contributed by atoms with van der Waals surface area (Å²) in [7, 11) is 0. The molecule has 0 saturated carbocycles. The highest BCUT2D eigenvalue weighted by molar-refractivity contribution is 9.10. The van der Waals surface area contributed by atoms with Gasteiger partial charge in [0.05, 0.1) is 30.2 Å². The monoisotopic (exact) mass is 595 g/mol. The largest absolute Gasteiger partial charge is 0.490 e. The van der Waals surface area contributed by atoms with Gasteiger partial charge in [0, 0.05) is 15.2 Å². The van der Waals surface area contributed by atoms with Crippen molar-refractivity contribution in [1.82, 2.24) is 0 Å². The number of ether oxygens (including phenoxy) is 2. The fraction of sp³-hybridized carbons (Fsp3) is 0.267. The average Bonchev–Trinajstić information content (AvgIpc) is 3.18. The maximum atomic E-state index is 13.9. The maximum Gasteiger partial charge on any atom is 0.295 e. The minimum Gasteiger partial charge on any atom is -0.490 e. The molecule has 6 nitrogen and oxygen atoms in total. The van der Waals surface area contributed by atoms with Gasteiger partial charge in [0.25, 0.3) is 5.91 Å². The Labute approximate surface area is 234 Å². The predicted molar refractivity (Wildman–Crippen MR) is 153 cm³/mol. The van der Waals surface area contributed by atoms with Crippen LogP contribution < -0.4 is 19.8 Å². The lowest BCUT2D eigenvalue weighted by Gasteiger charge is -2.26. The lowest BCUT2D eigenvalue weighted by atomic mass is 9.97. The minimum absolute atomic E-state index is 0.0185. The van der Waals surface area contributed by atoms with Gasteiger partial charge in [-0.1, -0.05) is 53.5 Å². The topological polar surface area (TPSA) is 69.0 Å². The van der Waals surface area contributed by atoms with Gasteiger partial charge >= 0.3 is 0 Å². The van der Waals surface area contributed by atoms with E-state index in [1.165, 1.54) is 0 Å². The van der Waals surface area contributed by atoms with Gasteiger partial charge in [0.2, 0.25) is 5.76 Å². The zero-order valence-electron chi connectivity index (χ0n) is 21.3. The van der Waals surface area contributed by atoms with Gasteiger partial charge in [-0.2, -0.15) is 0 Å². The Morgan fingerprint density at radius 3 is 2.58 bits per heavy atom. The molecule has 0 saturated heterocycles. The average molecular weight is 597 g/mol. The second-order valence-corrected chi connectivity index (χ2v) is 10.9. The Kier molecular flexibility index (Phi) is 7.50. The lowest BCUT2D eigenvalue weighted by molar-refractivity contribution is 0.0971. The molecule has 0 fully saturated rings. The fourth-order valence-electron chi connectivity index (χ4n) is 4.64. The summed E-state index contributed by atoms with van der Waals surface area (Å²) < 4.78 is 18.8. The number of hydrogen-bond acceptors (Lipinski definition) is 5. The van der Waals surface area contributed by atoms with Crippen molar-refractivity contribution in [3.8, 4) is 11.5 Å². The summed E-state index contributed by atoms with van der Waals surface area (Å²) in [5, 5.41) is 0.866. The Bertz CT molecular complexity index is 1580. The van der Waals surface area contributed by atoms with Crippen molar-refractivity contribution in [2.45, 2.75) is 33.2 Å². The number of carbonyl (C=O) groups is 1. The summed E-state index contributed by atoms with van der Waals surface area (Å²) in [6.07, 6.45) is 0.907. The summed E-state index contributed by atoms with van der Waals surface area (Å²) in [5.41, 5.74) is 1.61. The van der Waals surface area contributed by atoms with E-state index >= 15 is 0 Å². The summed E-state index contributed by atoms with van der Waals surface area (Å²) >= 11 is 9.74. The SMILES string of the molecule is CCOc1cc(C2c3c(oc4ccc(Br)cc4c3=O)C(=O)N2c2cccc(Cl)c2)ccc1OCCC(C)C. The predicted octanol–water partition coefficient (Wildman–Crippen LogP) is 7.78. The van der Waals surface area contributed by atoms with E-state index in [0.717, 1.165) is 10.9 Å². The molecule has 0 aliphatic carbocycles. The third kappa shape index (κ3) is 4.93. The molecule has 38 heavy (non-hydrogen) atoms. The molecule has 1 aliphatic rings. The normalized spacial score (nSPS) is 14.8. The molecule has 0 bridgehead atoms. The van der Waals surface area contributed by atoms with E-state index < -0.39 is 11.9 Å². The van der Waals surface area contributed by atoms with E-state index in [9.17, 15) is 9.59 Å². The molecule has 5 rings (SSSR count). The van der Waals surface area contributed by atoms with Crippen molar-refractivity contribution in [3.05, 3.63) is 97.3 Å². The Morgan fingerprint density at radius 1 is 1.03 bits per heavy atom. The third-order valence-electron chi connectivity index (χ3n) is 6.45. The summed E-state index contributed by atoms with van der Waals surface area (Å²) in [5.74, 6) is 1.28. The first-order valence-electron chi connectivity index (χ1n) is 12.5. The molecule has 4 aromatic rings. The second kappa shape index (κ2) is 10.8. The van der Waals surface area contributed by atoms with Gasteiger partial charge < -0.3 is 13.9 Å². The molecule has 1 amide bonds. The van der Waals surface area contributed by atoms with Crippen LogP contribution in [0.1, 0.15) is 54.9 Å². The number of rotatable bonds is 8. The van der Waals surface area contributed by atoms with Gasteiger partial charge in [-0.3, -0.25) is 14.5 Å². The smallest absolute Gasteiger partial charge is 0.295 e. The zero-order valence-corrected chi connectivity index (χ0v) is 23.6. The quantitative estimate of drug-likeness (QED) is 0.208. The number of halogens is 2. The Morgan fingerprint density at radius 2 is 1.84 bits per heavy atom. The van der Waals surface area contributed by atoms with Crippen LogP contribution in [0.2, 0.25) is 5.02 Å². The second-order valence-electron chi connectivity index (χ2n) is 9.54. The van der Waals surface area contributed by atoms with Crippen LogP contribution in [-0.4, -0.2) is 19.1 Å². The molecular formula is C30H27BrClNO5. The molecule has 1 aromatic heterocycles. The van der Waals surface area contributed by atoms with E-state index in [1.807, 2.05) is 25.1 Å². The van der Waals surface area contributed by atoms with Crippen LogP contribution in [0.3, 0.4) is 0 Å². The molecule has 1 aliphatic heterocycles. The first-order valence-corrected chi connectivity index (χ1v) is 13.7. The number of benzene rings is 3. The summed E-state index contributed by atoms with van der Waals surface area (Å²) in [6, 6.07) is 16.9. The first kappa shape index (κ1) is 26.3. The van der Waals surface area contributed by atoms with Gasteiger partial charge in [0.1, 0.15) is 5.58 Å². The van der Waals surface area contributed by atoms with Gasteiger partial charge in [-0.15, -0.1) is 0 Å². The fourth-order valence-corrected chi connectivity index (χ4v) is 5.19. The number of nitrogens with zero attached hydrogens (tertiary/aromatic N) is 1. The maximum absolute atomic E-state index is 13.9. The highest BCUT2D eigenvalue weighted by Gasteiger charge is 2.44. The molecule has 2 heterocycles. The van der Waals surface area contributed by atoms with Crippen LogP contribution >= 0.6 is 27.5 Å². The third-order valence-corrected chi connectivity index (χ3v) is 7.18. The van der Waals surface area contributed by atoms with Crippen LogP contribution in [0.25, 0.3) is 11.0 Å². The molecular weight excluding hydrogens is 570 g/mol. The minimum atomic E-state index is -0.750. The summed E-state index contributed by atoms with van der Waals surface area (Å²) in [6.45, 7) is 7.17. The first-order chi connectivity index (χ1) is 18.3. The highest BCUT2D eigenvalue weighted by Crippen LogP contribution is 2.44. The van der Waals surface area contributed by atoms with Crippen molar-refractivity contribution in [2.24, 2.45) is 5.92 Å². The molecule has 0 N–H and O–H groups in total. The highest BCUT2D eigenvalue weighted by atomic mass is 79.9. The Balaban J connectivity index is 1.70. The van der Waals surface area contributed by atoms with Crippen LogP contribution in [-0.2, 0) is 0 Å². The van der Waals surface area contributed by atoms with Gasteiger partial charge in [-0.05, 0) is 73.4 Å². The van der Waals surface area contributed by atoms with E-state index in [1.54, 1.807) is 47.4 Å². The lowest BCUT2D eigenvalue weighted by Crippen LogP contribution is -2.29. The van der Waals surface area contributed by atoms with Gasteiger partial charge in [0.15, 0.2) is 16.9 Å². The van der Waals surface area contributed by atoms with Crippen LogP contribution in [0.4, 0.5) is 5.69 Å². The van der Waals surface area contributed by atoms with E-state index in [0.29, 0.717) is 57.9 Å².